The van der Waals surface area contributed by atoms with Crippen molar-refractivity contribution in [1.82, 2.24) is 15.2 Å². The highest BCUT2D eigenvalue weighted by Gasteiger charge is 2.50. The Labute approximate surface area is 203 Å². The largest absolute Gasteiger partial charge is 0.497 e. The number of rotatable bonds is 5. The maximum absolute atomic E-state index is 13.8. The van der Waals surface area contributed by atoms with E-state index < -0.39 is 5.54 Å². The molecule has 0 radical (unpaired) electrons. The van der Waals surface area contributed by atoms with Gasteiger partial charge in [-0.05, 0) is 66.9 Å². The van der Waals surface area contributed by atoms with Gasteiger partial charge in [-0.2, -0.15) is 0 Å². The molecule has 35 heavy (non-hydrogen) atoms. The van der Waals surface area contributed by atoms with E-state index >= 15 is 0 Å². The van der Waals surface area contributed by atoms with Crippen molar-refractivity contribution in [3.8, 4) is 5.75 Å². The molecule has 0 aliphatic carbocycles. The van der Waals surface area contributed by atoms with Crippen LogP contribution in [-0.4, -0.2) is 47.4 Å². The number of aromatic nitrogens is 1. The number of ether oxygens (including phenoxy) is 1. The number of likely N-dealkylation sites (tertiary alicyclic amines) is 1. The van der Waals surface area contributed by atoms with Crippen LogP contribution in [0, 0.1) is 5.82 Å². The van der Waals surface area contributed by atoms with Crippen LogP contribution in [0.1, 0.15) is 41.1 Å². The number of amides is 2. The smallest absolute Gasteiger partial charge is 0.257 e. The highest BCUT2D eigenvalue weighted by molar-refractivity contribution is 5.99. The molecule has 2 saturated heterocycles. The van der Waals surface area contributed by atoms with Gasteiger partial charge >= 0.3 is 0 Å². The molecule has 8 heteroatoms. The fourth-order valence-corrected chi connectivity index (χ4v) is 5.19. The first-order chi connectivity index (χ1) is 17.0. The first-order valence-corrected chi connectivity index (χ1v) is 11.7. The number of nitrogens with zero attached hydrogens (tertiary/aromatic N) is 2. The average molecular weight is 475 g/mol. The summed E-state index contributed by atoms with van der Waals surface area (Å²) < 4.78 is 18.8. The van der Waals surface area contributed by atoms with Crippen molar-refractivity contribution in [2.75, 3.05) is 25.5 Å². The molecule has 2 aliphatic rings. The zero-order valence-electron chi connectivity index (χ0n) is 19.5. The molecule has 2 atom stereocenters. The Morgan fingerprint density at radius 3 is 2.66 bits per heavy atom. The van der Waals surface area contributed by atoms with E-state index in [0.29, 0.717) is 30.9 Å². The lowest BCUT2D eigenvalue weighted by atomic mass is 9.76. The van der Waals surface area contributed by atoms with Gasteiger partial charge in [-0.3, -0.25) is 9.59 Å². The molecule has 180 valence electrons. The van der Waals surface area contributed by atoms with Crippen LogP contribution in [0.2, 0.25) is 0 Å². The molecule has 5 rings (SSSR count). The Bertz CT molecular complexity index is 1230. The molecule has 2 amide bonds. The van der Waals surface area contributed by atoms with Crippen LogP contribution in [0.3, 0.4) is 0 Å². The molecule has 0 unspecified atom stereocenters. The van der Waals surface area contributed by atoms with Crippen molar-refractivity contribution in [3.05, 3.63) is 83.8 Å². The third-order valence-electron chi connectivity index (χ3n) is 6.91. The van der Waals surface area contributed by atoms with Gasteiger partial charge in [0.25, 0.3) is 5.91 Å². The molecule has 2 aromatic carbocycles. The highest BCUT2D eigenvalue weighted by Crippen LogP contribution is 2.42. The molecule has 3 aromatic rings. The molecular formula is C27H27FN4O3. The first kappa shape index (κ1) is 22.8. The van der Waals surface area contributed by atoms with E-state index in [9.17, 15) is 14.0 Å². The van der Waals surface area contributed by atoms with Crippen molar-refractivity contribution in [1.29, 1.82) is 0 Å². The minimum atomic E-state index is -0.575. The topological polar surface area (TPSA) is 83.6 Å². The van der Waals surface area contributed by atoms with Gasteiger partial charge in [0.15, 0.2) is 0 Å². The summed E-state index contributed by atoms with van der Waals surface area (Å²) in [4.78, 5) is 32.3. The number of methoxy groups -OCH3 is 1. The second-order valence-corrected chi connectivity index (χ2v) is 9.10. The monoisotopic (exact) mass is 474 g/mol. The lowest BCUT2D eigenvalue weighted by Crippen LogP contribution is -2.56. The summed E-state index contributed by atoms with van der Waals surface area (Å²) in [6.45, 7) is 0.804. The number of nitrogens with one attached hydrogen (secondary N) is 2. The molecule has 1 spiro atoms. The molecule has 3 heterocycles. The second kappa shape index (κ2) is 9.37. The number of halogens is 1. The van der Waals surface area contributed by atoms with Crippen LogP contribution in [0.15, 0.2) is 66.9 Å². The second-order valence-electron chi connectivity index (χ2n) is 9.10. The van der Waals surface area contributed by atoms with E-state index in [2.05, 4.69) is 15.6 Å². The summed E-state index contributed by atoms with van der Waals surface area (Å²) in [5.41, 5.74) is 1.56. The Morgan fingerprint density at radius 2 is 1.94 bits per heavy atom. The van der Waals surface area contributed by atoms with Gasteiger partial charge in [0.1, 0.15) is 17.4 Å². The molecule has 0 saturated carbocycles. The van der Waals surface area contributed by atoms with Crippen LogP contribution in [0.5, 0.6) is 5.75 Å². The van der Waals surface area contributed by atoms with E-state index in [1.54, 1.807) is 42.5 Å². The van der Waals surface area contributed by atoms with Crippen molar-refractivity contribution < 1.29 is 18.7 Å². The van der Waals surface area contributed by atoms with Crippen LogP contribution in [0.25, 0.3) is 0 Å². The Morgan fingerprint density at radius 1 is 1.17 bits per heavy atom. The van der Waals surface area contributed by atoms with Gasteiger partial charge in [0.05, 0.1) is 18.2 Å². The van der Waals surface area contributed by atoms with Crippen LogP contribution >= 0.6 is 0 Å². The van der Waals surface area contributed by atoms with E-state index in [-0.39, 0.29) is 23.5 Å². The number of anilines is 2. The van der Waals surface area contributed by atoms with Gasteiger partial charge in [-0.15, -0.1) is 0 Å². The molecule has 7 nitrogen and oxygen atoms in total. The molecule has 1 aromatic heterocycles. The van der Waals surface area contributed by atoms with Crippen molar-refractivity contribution >= 4 is 23.3 Å². The molecule has 2 aliphatic heterocycles. The summed E-state index contributed by atoms with van der Waals surface area (Å²) in [5.74, 6) is 0.557. The predicted molar refractivity (Wildman–Crippen MR) is 130 cm³/mol. The van der Waals surface area contributed by atoms with Gasteiger partial charge in [0.2, 0.25) is 5.91 Å². The average Bonchev–Trinajstić information content (AvgIpc) is 3.23. The Kier molecular flexibility index (Phi) is 6.11. The third-order valence-corrected chi connectivity index (χ3v) is 6.91. The summed E-state index contributed by atoms with van der Waals surface area (Å²) in [6, 6.07) is 17.2. The van der Waals surface area contributed by atoms with Gasteiger partial charge in [-0.25, -0.2) is 9.37 Å². The van der Waals surface area contributed by atoms with E-state index in [0.717, 1.165) is 29.8 Å². The predicted octanol–water partition coefficient (Wildman–Crippen LogP) is 4.25. The number of carbonyl (C=O) groups is 2. The molecule has 2 N–H and O–H groups in total. The quantitative estimate of drug-likeness (QED) is 0.578. The third kappa shape index (κ3) is 4.56. The normalized spacial score (nSPS) is 21.6. The zero-order valence-corrected chi connectivity index (χ0v) is 19.5. The summed E-state index contributed by atoms with van der Waals surface area (Å²) in [5, 5.41) is 6.42. The first-order valence-electron chi connectivity index (χ1n) is 11.7. The number of pyridine rings is 1. The van der Waals surface area contributed by atoms with Crippen molar-refractivity contribution in [2.24, 2.45) is 0 Å². The number of hydrogen-bond acceptors (Lipinski definition) is 5. The maximum atomic E-state index is 13.8. The lowest BCUT2D eigenvalue weighted by molar-refractivity contribution is -0.125. The number of carbonyl (C=O) groups excluding carboxylic acids is 2. The van der Waals surface area contributed by atoms with Gasteiger partial charge < -0.3 is 20.3 Å². The van der Waals surface area contributed by atoms with Crippen LogP contribution in [-0.2, 0) is 4.79 Å². The number of piperidine rings is 1. The summed E-state index contributed by atoms with van der Waals surface area (Å²) in [6.07, 6.45) is 3.62. The van der Waals surface area contributed by atoms with Gasteiger partial charge in [0, 0.05) is 37.3 Å². The zero-order chi connectivity index (χ0) is 24.4. The molecule has 0 bridgehead atoms. The number of hydrogen-bond donors (Lipinski definition) is 2. The molecular weight excluding hydrogens is 447 g/mol. The summed E-state index contributed by atoms with van der Waals surface area (Å²) >= 11 is 0. The highest BCUT2D eigenvalue weighted by atomic mass is 19.1. The minimum absolute atomic E-state index is 0.0131. The Balaban J connectivity index is 1.43. The van der Waals surface area contributed by atoms with Gasteiger partial charge in [-0.1, -0.05) is 12.1 Å². The maximum Gasteiger partial charge on any atom is 0.257 e. The van der Waals surface area contributed by atoms with E-state index in [1.165, 1.54) is 12.1 Å². The minimum Gasteiger partial charge on any atom is -0.497 e. The van der Waals surface area contributed by atoms with Crippen LogP contribution in [0.4, 0.5) is 15.9 Å². The summed E-state index contributed by atoms with van der Waals surface area (Å²) in [7, 11) is 1.61. The van der Waals surface area contributed by atoms with Crippen molar-refractivity contribution in [3.63, 3.8) is 0 Å². The van der Waals surface area contributed by atoms with Crippen molar-refractivity contribution in [2.45, 2.75) is 30.7 Å². The van der Waals surface area contributed by atoms with E-state index in [1.807, 2.05) is 24.3 Å². The lowest BCUT2D eigenvalue weighted by Gasteiger charge is -2.39. The number of benzene rings is 2. The fraction of sp³-hybridized carbons (Fsp3) is 0.296. The standard InChI is InChI=1S/C27H27FN4O3/c1-35-21-12-10-20(11-13-21)30-25-22(4-3-15-29-25)26(34)32-16-23(18-6-8-19(28)9-7-18)27(17-32)14-2-5-24(33)31-27/h3-4,6-13,15,23H,2,5,14,16-17H2,1H3,(H,29,30)(H,31,33)/t23-,27+/m0/s1. The molecule has 2 fully saturated rings. The Hall–Kier alpha value is -3.94. The van der Waals surface area contributed by atoms with Crippen LogP contribution < -0.4 is 15.4 Å². The van der Waals surface area contributed by atoms with E-state index in [4.69, 9.17) is 4.74 Å². The SMILES string of the molecule is COc1ccc(Nc2ncccc2C(=O)N2C[C@@H](c3ccc(F)cc3)[C@@]3(CCCC(=O)N3)C2)cc1. The fourth-order valence-electron chi connectivity index (χ4n) is 5.19.